The standard InChI is InChI=1S/C33H61N5O8S/c1-8-12-21-38(22-13-9-2,23-14-10-3)29(16-11-4)47(42,43)46-37-26-18-19-28(36(24-26)31(37)40)30(39)34-45-27-17-15-20-35(25-27)32(41)44-33(5,6)7/h26-29H,8-25H2,1-7H3/p+1/t26-,27+,28+,29?/m1/s1. The fourth-order valence-electron chi connectivity index (χ4n) is 7.03. The van der Waals surface area contributed by atoms with Crippen molar-refractivity contribution in [3.8, 4) is 0 Å². The van der Waals surface area contributed by atoms with E-state index in [0.717, 1.165) is 63.2 Å². The summed E-state index contributed by atoms with van der Waals surface area (Å²) in [5.74, 6) is -0.478. The molecule has 2 bridgehead atoms. The van der Waals surface area contributed by atoms with Gasteiger partial charge in [0.2, 0.25) is 5.37 Å². The number of carbonyl (C=O) groups is 3. The zero-order valence-electron chi connectivity index (χ0n) is 30.0. The van der Waals surface area contributed by atoms with Gasteiger partial charge in [-0.2, -0.15) is 13.5 Å². The lowest BCUT2D eigenvalue weighted by Crippen LogP contribution is -2.61. The molecular formula is C33H62N5O8S+. The SMILES string of the molecule is CCCC[N+](CCCC)(CCCC)C(CCC)S(=O)(=O)ON1C(=O)N2C[C@H]1CC[C@H]2C(=O)NO[C@H]1CCCN(C(=O)OC(C)(C)C)C1. The van der Waals surface area contributed by atoms with Crippen LogP contribution in [0, 0.1) is 0 Å². The van der Waals surface area contributed by atoms with E-state index in [1.807, 2.05) is 27.7 Å². The number of ether oxygens (including phenoxy) is 1. The molecule has 3 aliphatic rings. The highest BCUT2D eigenvalue weighted by molar-refractivity contribution is 7.87. The van der Waals surface area contributed by atoms with Gasteiger partial charge < -0.3 is 19.0 Å². The number of nitrogens with one attached hydrogen (secondary N) is 1. The molecule has 0 radical (unpaired) electrons. The normalized spacial score (nSPS) is 22.8. The third kappa shape index (κ3) is 10.4. The summed E-state index contributed by atoms with van der Waals surface area (Å²) in [7, 11) is -4.19. The van der Waals surface area contributed by atoms with E-state index in [9.17, 15) is 22.8 Å². The second-order valence-corrected chi connectivity index (χ2v) is 16.2. The molecule has 3 saturated heterocycles. The number of hydrogen-bond acceptors (Lipinski definition) is 8. The number of nitrogens with zero attached hydrogens (tertiary/aromatic N) is 4. The van der Waals surface area contributed by atoms with E-state index >= 15 is 0 Å². The number of rotatable bonds is 18. The van der Waals surface area contributed by atoms with E-state index in [1.54, 1.807) is 4.90 Å². The van der Waals surface area contributed by atoms with Gasteiger partial charge in [0.15, 0.2) is 0 Å². The zero-order valence-corrected chi connectivity index (χ0v) is 30.8. The van der Waals surface area contributed by atoms with Crippen LogP contribution in [0.2, 0.25) is 0 Å². The van der Waals surface area contributed by atoms with Gasteiger partial charge >= 0.3 is 22.2 Å². The number of hydrogen-bond donors (Lipinski definition) is 1. The van der Waals surface area contributed by atoms with Crippen LogP contribution < -0.4 is 5.48 Å². The maximum absolute atomic E-state index is 14.2. The van der Waals surface area contributed by atoms with E-state index in [-0.39, 0.29) is 13.1 Å². The quantitative estimate of drug-likeness (QED) is 0.151. The van der Waals surface area contributed by atoms with Gasteiger partial charge in [0.1, 0.15) is 17.7 Å². The Labute approximate surface area is 283 Å². The van der Waals surface area contributed by atoms with Crippen molar-refractivity contribution in [3.05, 3.63) is 0 Å². The van der Waals surface area contributed by atoms with Crippen LogP contribution in [0.4, 0.5) is 9.59 Å². The first-order valence-corrected chi connectivity index (χ1v) is 19.5. The van der Waals surface area contributed by atoms with Gasteiger partial charge in [-0.1, -0.05) is 47.0 Å². The van der Waals surface area contributed by atoms with E-state index in [1.165, 1.54) is 4.90 Å². The van der Waals surface area contributed by atoms with Crippen molar-refractivity contribution in [2.75, 3.05) is 39.3 Å². The van der Waals surface area contributed by atoms with Crippen molar-refractivity contribution < 1.29 is 41.1 Å². The first kappa shape index (κ1) is 39.3. The Kier molecular flexibility index (Phi) is 14.6. The van der Waals surface area contributed by atoms with Crippen LogP contribution in [0.3, 0.4) is 0 Å². The molecule has 3 rings (SSSR count). The molecule has 4 atom stereocenters. The van der Waals surface area contributed by atoms with Crippen molar-refractivity contribution in [1.29, 1.82) is 0 Å². The fourth-order valence-corrected chi connectivity index (χ4v) is 8.92. The second kappa shape index (κ2) is 17.5. The fraction of sp³-hybridized carbons (Fsp3) is 0.909. The minimum atomic E-state index is -4.19. The molecule has 272 valence electrons. The number of likely N-dealkylation sites (tertiary alicyclic amines) is 1. The van der Waals surface area contributed by atoms with Crippen molar-refractivity contribution in [3.63, 3.8) is 0 Å². The first-order valence-electron chi connectivity index (χ1n) is 18.0. The van der Waals surface area contributed by atoms with E-state index in [4.69, 9.17) is 13.9 Å². The molecule has 1 N–H and O–H groups in total. The molecule has 0 saturated carbocycles. The zero-order chi connectivity index (χ0) is 34.8. The van der Waals surface area contributed by atoms with Crippen molar-refractivity contribution >= 4 is 28.1 Å². The number of amides is 4. The van der Waals surface area contributed by atoms with Crippen molar-refractivity contribution in [2.24, 2.45) is 0 Å². The van der Waals surface area contributed by atoms with Crippen LogP contribution in [0.25, 0.3) is 0 Å². The van der Waals surface area contributed by atoms with E-state index in [2.05, 4.69) is 26.3 Å². The van der Waals surface area contributed by atoms with E-state index in [0.29, 0.717) is 49.6 Å². The van der Waals surface area contributed by atoms with Crippen molar-refractivity contribution in [2.45, 2.75) is 155 Å². The molecule has 0 aromatic carbocycles. The number of piperidine rings is 2. The smallest absolute Gasteiger partial charge is 0.410 e. The maximum atomic E-state index is 14.2. The number of carbonyl (C=O) groups excluding carboxylic acids is 3. The molecule has 0 aromatic heterocycles. The molecule has 47 heavy (non-hydrogen) atoms. The highest BCUT2D eigenvalue weighted by Gasteiger charge is 2.53. The minimum Gasteiger partial charge on any atom is -0.444 e. The average Bonchev–Trinajstić information content (AvgIpc) is 3.25. The number of fused-ring (bicyclic) bond motifs is 2. The minimum absolute atomic E-state index is 0.197. The van der Waals surface area contributed by atoms with Crippen LogP contribution in [-0.4, -0.2) is 114 Å². The molecule has 0 spiro atoms. The molecule has 0 aliphatic carbocycles. The Balaban J connectivity index is 1.69. The number of hydroxylamine groups is 3. The highest BCUT2D eigenvalue weighted by atomic mass is 32.2. The number of unbranched alkanes of at least 4 members (excludes halogenated alkanes) is 3. The maximum Gasteiger partial charge on any atom is 0.410 e. The van der Waals surface area contributed by atoms with Gasteiger partial charge in [-0.15, -0.1) is 4.28 Å². The summed E-state index contributed by atoms with van der Waals surface area (Å²) >= 11 is 0. The highest BCUT2D eigenvalue weighted by Crippen LogP contribution is 2.34. The largest absolute Gasteiger partial charge is 0.444 e. The molecule has 13 nitrogen and oxygen atoms in total. The lowest BCUT2D eigenvalue weighted by Gasteiger charge is -2.44. The predicted molar refractivity (Wildman–Crippen MR) is 179 cm³/mol. The molecule has 4 amide bonds. The molecule has 1 unspecified atom stereocenters. The van der Waals surface area contributed by atoms with Crippen LogP contribution in [0.15, 0.2) is 0 Å². The Morgan fingerprint density at radius 3 is 2.11 bits per heavy atom. The Bertz CT molecular complexity index is 1120. The summed E-state index contributed by atoms with van der Waals surface area (Å²) < 4.78 is 40.2. The molecular weight excluding hydrogens is 626 g/mol. The molecule has 3 aliphatic heterocycles. The summed E-state index contributed by atoms with van der Waals surface area (Å²) in [6.45, 7) is 17.1. The van der Waals surface area contributed by atoms with Gasteiger partial charge in [-0.05, 0) is 72.1 Å². The molecule has 3 fully saturated rings. The third-order valence-electron chi connectivity index (χ3n) is 9.52. The van der Waals surface area contributed by atoms with Crippen LogP contribution in [-0.2, 0) is 28.8 Å². The van der Waals surface area contributed by atoms with Gasteiger partial charge in [0.05, 0.1) is 32.2 Å². The van der Waals surface area contributed by atoms with Crippen molar-refractivity contribution in [1.82, 2.24) is 20.3 Å². The monoisotopic (exact) mass is 688 g/mol. The van der Waals surface area contributed by atoms with Gasteiger partial charge in [-0.3, -0.25) is 9.63 Å². The summed E-state index contributed by atoms with van der Waals surface area (Å²) in [6, 6.07) is -1.90. The van der Waals surface area contributed by atoms with Crippen LogP contribution in [0.5, 0.6) is 0 Å². The lowest BCUT2D eigenvalue weighted by atomic mass is 10.0. The van der Waals surface area contributed by atoms with Gasteiger partial charge in [0, 0.05) is 19.5 Å². The third-order valence-corrected chi connectivity index (χ3v) is 11.2. The Morgan fingerprint density at radius 1 is 0.936 bits per heavy atom. The first-order chi connectivity index (χ1) is 22.2. The van der Waals surface area contributed by atoms with E-state index < -0.39 is 57.3 Å². The Hall–Kier alpha value is -2.16. The summed E-state index contributed by atoms with van der Waals surface area (Å²) in [5.41, 5.74) is 1.90. The predicted octanol–water partition coefficient (Wildman–Crippen LogP) is 5.31. The summed E-state index contributed by atoms with van der Waals surface area (Å²) in [6.07, 6.45) is 8.07. The van der Waals surface area contributed by atoms with Crippen LogP contribution in [0.1, 0.15) is 126 Å². The second-order valence-electron chi connectivity index (χ2n) is 14.5. The average molecular weight is 689 g/mol. The lowest BCUT2D eigenvalue weighted by molar-refractivity contribution is -0.939. The summed E-state index contributed by atoms with van der Waals surface area (Å²) in [5, 5.41) is 0.240. The number of urea groups is 1. The summed E-state index contributed by atoms with van der Waals surface area (Å²) in [4.78, 5) is 48.1. The molecule has 3 heterocycles. The molecule has 0 aromatic rings. The van der Waals surface area contributed by atoms with Gasteiger partial charge in [0.25, 0.3) is 5.91 Å². The topological polar surface area (TPSA) is 135 Å². The van der Waals surface area contributed by atoms with Gasteiger partial charge in [-0.25, -0.2) is 15.1 Å². The van der Waals surface area contributed by atoms with Crippen LogP contribution >= 0.6 is 0 Å². The number of quaternary nitrogens is 1. The molecule has 14 heteroatoms. The Morgan fingerprint density at radius 2 is 1.55 bits per heavy atom.